The molecular weight excluding hydrogens is 272 g/mol. The molecule has 108 valence electrons. The second-order valence-electron chi connectivity index (χ2n) is 5.51. The number of hydrogen-bond donors (Lipinski definition) is 1. The average molecular weight is 288 g/mol. The standard InChI is InChI=1S/C19H16N2O/c1-12-3-6-17-13(9-12)4-7-19(21-17)16-11-20-18-8-5-14(22-2)10-15(16)18/h3-11,20H,1-2H3. The van der Waals surface area contributed by atoms with E-state index in [0.717, 1.165) is 33.4 Å². The summed E-state index contributed by atoms with van der Waals surface area (Å²) in [6.45, 7) is 2.10. The minimum absolute atomic E-state index is 0.852. The number of benzene rings is 2. The van der Waals surface area contributed by atoms with Crippen molar-refractivity contribution < 1.29 is 4.74 Å². The molecule has 0 amide bonds. The van der Waals surface area contributed by atoms with E-state index < -0.39 is 0 Å². The summed E-state index contributed by atoms with van der Waals surface area (Å²) in [6, 6.07) is 16.6. The Bertz CT molecular complexity index is 985. The van der Waals surface area contributed by atoms with E-state index in [1.807, 2.05) is 24.4 Å². The summed E-state index contributed by atoms with van der Waals surface area (Å²) in [5.41, 5.74) is 5.41. The molecule has 4 aromatic rings. The van der Waals surface area contributed by atoms with Crippen molar-refractivity contribution in [3.8, 4) is 17.0 Å². The lowest BCUT2D eigenvalue weighted by Crippen LogP contribution is -1.86. The number of aryl methyl sites for hydroxylation is 1. The molecule has 2 heterocycles. The zero-order chi connectivity index (χ0) is 15.1. The molecule has 4 rings (SSSR count). The third-order valence-electron chi connectivity index (χ3n) is 4.01. The fourth-order valence-electron chi connectivity index (χ4n) is 2.83. The average Bonchev–Trinajstić information content (AvgIpc) is 2.97. The molecule has 1 N–H and O–H groups in total. The van der Waals surface area contributed by atoms with E-state index in [-0.39, 0.29) is 0 Å². The zero-order valence-electron chi connectivity index (χ0n) is 12.6. The molecule has 2 aromatic heterocycles. The van der Waals surface area contributed by atoms with E-state index in [9.17, 15) is 0 Å². The lowest BCUT2D eigenvalue weighted by molar-refractivity contribution is 0.415. The maximum atomic E-state index is 5.33. The number of rotatable bonds is 2. The van der Waals surface area contributed by atoms with E-state index in [1.54, 1.807) is 7.11 Å². The molecule has 0 unspecified atom stereocenters. The largest absolute Gasteiger partial charge is 0.497 e. The van der Waals surface area contributed by atoms with Crippen molar-refractivity contribution in [3.05, 3.63) is 60.3 Å². The number of fused-ring (bicyclic) bond motifs is 2. The van der Waals surface area contributed by atoms with Crippen molar-refractivity contribution in [3.63, 3.8) is 0 Å². The van der Waals surface area contributed by atoms with Gasteiger partial charge in [0.05, 0.1) is 18.3 Å². The van der Waals surface area contributed by atoms with Crippen LogP contribution in [0, 0.1) is 6.92 Å². The van der Waals surface area contributed by atoms with Crippen molar-refractivity contribution in [2.75, 3.05) is 7.11 Å². The van der Waals surface area contributed by atoms with Gasteiger partial charge >= 0.3 is 0 Å². The fourth-order valence-corrected chi connectivity index (χ4v) is 2.83. The molecule has 0 spiro atoms. The predicted molar refractivity (Wildman–Crippen MR) is 90.3 cm³/mol. The van der Waals surface area contributed by atoms with Crippen molar-refractivity contribution in [2.45, 2.75) is 6.92 Å². The summed E-state index contributed by atoms with van der Waals surface area (Å²) in [5, 5.41) is 2.29. The van der Waals surface area contributed by atoms with Crippen LogP contribution in [0.25, 0.3) is 33.1 Å². The Morgan fingerprint density at radius 1 is 1.00 bits per heavy atom. The Hall–Kier alpha value is -2.81. The molecule has 3 heteroatoms. The minimum atomic E-state index is 0.852. The molecular formula is C19H16N2O. The Morgan fingerprint density at radius 2 is 1.91 bits per heavy atom. The van der Waals surface area contributed by atoms with Crippen molar-refractivity contribution in [2.24, 2.45) is 0 Å². The normalized spacial score (nSPS) is 11.2. The molecule has 0 fully saturated rings. The quantitative estimate of drug-likeness (QED) is 0.580. The Morgan fingerprint density at radius 3 is 2.77 bits per heavy atom. The number of nitrogens with one attached hydrogen (secondary N) is 1. The first kappa shape index (κ1) is 12.9. The van der Waals surface area contributed by atoms with Gasteiger partial charge in [0.15, 0.2) is 0 Å². The summed E-state index contributed by atoms with van der Waals surface area (Å²) in [5.74, 6) is 0.852. The third kappa shape index (κ3) is 2.02. The smallest absolute Gasteiger partial charge is 0.119 e. The number of hydrogen-bond acceptors (Lipinski definition) is 2. The van der Waals surface area contributed by atoms with Crippen LogP contribution in [0.5, 0.6) is 5.75 Å². The van der Waals surface area contributed by atoms with E-state index >= 15 is 0 Å². The van der Waals surface area contributed by atoms with Gasteiger partial charge in [-0.05, 0) is 43.3 Å². The summed E-state index contributed by atoms with van der Waals surface area (Å²) in [6.07, 6.45) is 2.01. The summed E-state index contributed by atoms with van der Waals surface area (Å²) in [4.78, 5) is 8.10. The molecule has 0 atom stereocenters. The SMILES string of the molecule is COc1ccc2[nH]cc(-c3ccc4cc(C)ccc4n3)c2c1. The summed E-state index contributed by atoms with van der Waals surface area (Å²) < 4.78 is 5.33. The maximum Gasteiger partial charge on any atom is 0.119 e. The van der Waals surface area contributed by atoms with E-state index in [2.05, 4.69) is 42.2 Å². The van der Waals surface area contributed by atoms with Gasteiger partial charge < -0.3 is 9.72 Å². The monoisotopic (exact) mass is 288 g/mol. The second kappa shape index (κ2) is 4.88. The number of aromatic nitrogens is 2. The van der Waals surface area contributed by atoms with Crippen LogP contribution in [0.2, 0.25) is 0 Å². The van der Waals surface area contributed by atoms with Gasteiger partial charge in [-0.1, -0.05) is 17.7 Å². The molecule has 0 saturated heterocycles. The number of H-pyrrole nitrogens is 1. The van der Waals surface area contributed by atoms with E-state index in [0.29, 0.717) is 0 Å². The van der Waals surface area contributed by atoms with Crippen molar-refractivity contribution in [1.29, 1.82) is 0 Å². The van der Waals surface area contributed by atoms with Crippen LogP contribution in [0.1, 0.15) is 5.56 Å². The number of aromatic amines is 1. The first-order valence-electron chi connectivity index (χ1n) is 7.27. The molecule has 0 saturated carbocycles. The highest BCUT2D eigenvalue weighted by molar-refractivity contribution is 5.96. The third-order valence-corrected chi connectivity index (χ3v) is 4.01. The minimum Gasteiger partial charge on any atom is -0.497 e. The van der Waals surface area contributed by atoms with Crippen LogP contribution < -0.4 is 4.74 Å². The number of ether oxygens (including phenoxy) is 1. The van der Waals surface area contributed by atoms with Gasteiger partial charge in [-0.3, -0.25) is 0 Å². The van der Waals surface area contributed by atoms with Crippen LogP contribution in [0.3, 0.4) is 0 Å². The topological polar surface area (TPSA) is 37.9 Å². The summed E-state index contributed by atoms with van der Waals surface area (Å²) in [7, 11) is 1.68. The van der Waals surface area contributed by atoms with Gasteiger partial charge in [-0.2, -0.15) is 0 Å². The van der Waals surface area contributed by atoms with E-state index in [4.69, 9.17) is 9.72 Å². The van der Waals surface area contributed by atoms with Gasteiger partial charge in [0.25, 0.3) is 0 Å². The Kier molecular flexibility index (Phi) is 2.86. The fraction of sp³-hybridized carbons (Fsp3) is 0.105. The molecule has 0 bridgehead atoms. The molecule has 22 heavy (non-hydrogen) atoms. The number of methoxy groups -OCH3 is 1. The van der Waals surface area contributed by atoms with Gasteiger partial charge in [-0.15, -0.1) is 0 Å². The molecule has 0 aliphatic rings. The molecule has 3 nitrogen and oxygen atoms in total. The highest BCUT2D eigenvalue weighted by atomic mass is 16.5. The Balaban J connectivity index is 1.92. The second-order valence-corrected chi connectivity index (χ2v) is 5.51. The first-order valence-corrected chi connectivity index (χ1v) is 7.27. The highest BCUT2D eigenvalue weighted by Crippen LogP contribution is 2.31. The highest BCUT2D eigenvalue weighted by Gasteiger charge is 2.09. The molecule has 0 aliphatic carbocycles. The molecule has 0 aliphatic heterocycles. The number of nitrogens with zero attached hydrogens (tertiary/aromatic N) is 1. The van der Waals surface area contributed by atoms with Crippen LogP contribution in [-0.2, 0) is 0 Å². The number of pyridine rings is 1. The summed E-state index contributed by atoms with van der Waals surface area (Å²) >= 11 is 0. The molecule has 2 aromatic carbocycles. The van der Waals surface area contributed by atoms with Gasteiger partial charge in [0, 0.05) is 28.0 Å². The zero-order valence-corrected chi connectivity index (χ0v) is 12.6. The first-order chi connectivity index (χ1) is 10.7. The maximum absolute atomic E-state index is 5.33. The van der Waals surface area contributed by atoms with Gasteiger partial charge in [0.1, 0.15) is 5.75 Å². The van der Waals surface area contributed by atoms with Crippen molar-refractivity contribution in [1.82, 2.24) is 9.97 Å². The van der Waals surface area contributed by atoms with Crippen LogP contribution >= 0.6 is 0 Å². The molecule has 0 radical (unpaired) electrons. The van der Waals surface area contributed by atoms with Crippen LogP contribution in [0.15, 0.2) is 54.7 Å². The van der Waals surface area contributed by atoms with Gasteiger partial charge in [-0.25, -0.2) is 4.98 Å². The van der Waals surface area contributed by atoms with E-state index in [1.165, 1.54) is 10.9 Å². The van der Waals surface area contributed by atoms with Crippen LogP contribution in [-0.4, -0.2) is 17.1 Å². The van der Waals surface area contributed by atoms with Crippen molar-refractivity contribution >= 4 is 21.8 Å². The Labute approximate surface area is 128 Å². The lowest BCUT2D eigenvalue weighted by atomic mass is 10.1. The lowest BCUT2D eigenvalue weighted by Gasteiger charge is -2.04. The van der Waals surface area contributed by atoms with Gasteiger partial charge in [0.2, 0.25) is 0 Å². The van der Waals surface area contributed by atoms with Crippen LogP contribution in [0.4, 0.5) is 0 Å². The predicted octanol–water partition coefficient (Wildman–Crippen LogP) is 4.70.